The van der Waals surface area contributed by atoms with E-state index >= 15 is 0 Å². The lowest BCUT2D eigenvalue weighted by atomic mass is 9.87. The molecule has 2 aromatic rings. The Morgan fingerprint density at radius 1 is 1.07 bits per heavy atom. The topological polar surface area (TPSA) is 91.3 Å². The van der Waals surface area contributed by atoms with Crippen LogP contribution in [0.4, 0.5) is 0 Å². The summed E-state index contributed by atoms with van der Waals surface area (Å²) in [5.74, 6) is -0.376. The van der Waals surface area contributed by atoms with Crippen molar-refractivity contribution >= 4 is 11.8 Å². The first-order valence-corrected chi connectivity index (χ1v) is 10.0. The minimum Gasteiger partial charge on any atom is -0.391 e. The van der Waals surface area contributed by atoms with Crippen molar-refractivity contribution in [2.75, 3.05) is 7.05 Å². The zero-order valence-electron chi connectivity index (χ0n) is 17.3. The van der Waals surface area contributed by atoms with Crippen molar-refractivity contribution in [1.82, 2.24) is 15.6 Å². The molecule has 1 aromatic carbocycles. The third-order valence-electron chi connectivity index (χ3n) is 4.90. The van der Waals surface area contributed by atoms with Crippen LogP contribution in [0.2, 0.25) is 0 Å². The molecule has 0 saturated heterocycles. The molecule has 6 heteroatoms. The Kier molecular flexibility index (Phi) is 8.80. The van der Waals surface area contributed by atoms with E-state index in [-0.39, 0.29) is 24.2 Å². The van der Waals surface area contributed by atoms with Crippen LogP contribution in [0.25, 0.3) is 0 Å². The van der Waals surface area contributed by atoms with Gasteiger partial charge in [0.1, 0.15) is 0 Å². The second kappa shape index (κ2) is 11.3. The number of rotatable bonds is 10. The van der Waals surface area contributed by atoms with Crippen molar-refractivity contribution in [1.29, 1.82) is 0 Å². The van der Waals surface area contributed by atoms with Gasteiger partial charge in [-0.2, -0.15) is 0 Å². The fraction of sp³-hybridized carbons (Fsp3) is 0.435. The van der Waals surface area contributed by atoms with Gasteiger partial charge in [0.05, 0.1) is 17.7 Å². The third-order valence-corrected chi connectivity index (χ3v) is 4.90. The van der Waals surface area contributed by atoms with Crippen LogP contribution >= 0.6 is 0 Å². The Morgan fingerprint density at radius 2 is 1.79 bits per heavy atom. The van der Waals surface area contributed by atoms with Gasteiger partial charge < -0.3 is 15.7 Å². The van der Waals surface area contributed by atoms with Gasteiger partial charge in [-0.25, -0.2) is 0 Å². The lowest BCUT2D eigenvalue weighted by Crippen LogP contribution is -2.46. The average molecular weight is 398 g/mol. The van der Waals surface area contributed by atoms with E-state index in [1.54, 1.807) is 25.4 Å². The van der Waals surface area contributed by atoms with E-state index in [0.717, 1.165) is 5.56 Å². The Labute approximate surface area is 172 Å². The van der Waals surface area contributed by atoms with Gasteiger partial charge in [-0.3, -0.25) is 14.6 Å². The number of nitrogens with one attached hydrogen (secondary N) is 2. The van der Waals surface area contributed by atoms with Crippen molar-refractivity contribution < 1.29 is 14.7 Å². The van der Waals surface area contributed by atoms with Gasteiger partial charge in [0.25, 0.3) is 5.91 Å². The predicted molar refractivity (Wildman–Crippen MR) is 113 cm³/mol. The number of amides is 2. The molecule has 1 heterocycles. The van der Waals surface area contributed by atoms with Crippen LogP contribution in [-0.4, -0.2) is 41.1 Å². The number of aliphatic hydroxyl groups excluding tert-OH is 1. The molecular weight excluding hydrogens is 366 g/mol. The minimum atomic E-state index is -0.864. The fourth-order valence-corrected chi connectivity index (χ4v) is 3.44. The van der Waals surface area contributed by atoms with Crippen molar-refractivity contribution in [2.24, 2.45) is 11.8 Å². The SMILES string of the molecule is CNC(=O)[C@H](CC(C)C)C[C@H](O)[C@H](Cc1ccccc1)NC(=O)c1cccnc1. The standard InChI is InChI=1S/C23H31N3O3/c1-16(2)12-19(22(28)24-3)14-21(27)20(13-17-8-5-4-6-9-17)26-23(29)18-10-7-11-25-15-18/h4-11,15-16,19-21,27H,12-14H2,1-3H3,(H,24,28)(H,26,29)/t19-,20+,21+/m1/s1. The van der Waals surface area contributed by atoms with Crippen LogP contribution in [0.3, 0.4) is 0 Å². The Bertz CT molecular complexity index is 765. The van der Waals surface area contributed by atoms with E-state index in [1.807, 2.05) is 44.2 Å². The zero-order chi connectivity index (χ0) is 21.2. The van der Waals surface area contributed by atoms with Crippen LogP contribution in [0, 0.1) is 11.8 Å². The number of pyridine rings is 1. The number of hydrogen-bond acceptors (Lipinski definition) is 4. The van der Waals surface area contributed by atoms with Gasteiger partial charge in [0, 0.05) is 25.4 Å². The quantitative estimate of drug-likeness (QED) is 0.575. The van der Waals surface area contributed by atoms with Gasteiger partial charge in [-0.15, -0.1) is 0 Å². The first kappa shape index (κ1) is 22.6. The minimum absolute atomic E-state index is 0.0882. The zero-order valence-corrected chi connectivity index (χ0v) is 17.3. The van der Waals surface area contributed by atoms with Crippen LogP contribution in [0.5, 0.6) is 0 Å². The second-order valence-corrected chi connectivity index (χ2v) is 7.76. The molecule has 0 fully saturated rings. The molecule has 29 heavy (non-hydrogen) atoms. The molecule has 2 amide bonds. The lowest BCUT2D eigenvalue weighted by molar-refractivity contribution is -0.126. The monoisotopic (exact) mass is 397 g/mol. The summed E-state index contributed by atoms with van der Waals surface area (Å²) in [6, 6.07) is 12.5. The Morgan fingerprint density at radius 3 is 2.38 bits per heavy atom. The second-order valence-electron chi connectivity index (χ2n) is 7.76. The average Bonchev–Trinajstić information content (AvgIpc) is 2.73. The summed E-state index contributed by atoms with van der Waals surface area (Å²) in [6.07, 6.45) is 3.65. The Hall–Kier alpha value is -2.73. The maximum absolute atomic E-state index is 12.7. The molecule has 156 valence electrons. The van der Waals surface area contributed by atoms with E-state index in [0.29, 0.717) is 24.3 Å². The largest absolute Gasteiger partial charge is 0.391 e. The van der Waals surface area contributed by atoms with E-state index in [1.165, 1.54) is 6.20 Å². The normalized spacial score (nSPS) is 14.1. The molecule has 3 N–H and O–H groups in total. The molecule has 0 unspecified atom stereocenters. The van der Waals surface area contributed by atoms with Gasteiger partial charge in [0.15, 0.2) is 0 Å². The summed E-state index contributed by atoms with van der Waals surface area (Å²) < 4.78 is 0. The molecule has 0 aliphatic carbocycles. The van der Waals surface area contributed by atoms with E-state index < -0.39 is 12.1 Å². The number of carbonyl (C=O) groups is 2. The highest BCUT2D eigenvalue weighted by Crippen LogP contribution is 2.20. The van der Waals surface area contributed by atoms with Crippen molar-refractivity contribution in [3.63, 3.8) is 0 Å². The first-order chi connectivity index (χ1) is 13.9. The van der Waals surface area contributed by atoms with Crippen LogP contribution in [0.1, 0.15) is 42.6 Å². The maximum atomic E-state index is 12.7. The molecule has 0 aliphatic heterocycles. The summed E-state index contributed by atoms with van der Waals surface area (Å²) in [6.45, 7) is 4.10. The van der Waals surface area contributed by atoms with E-state index in [2.05, 4.69) is 15.6 Å². The summed E-state index contributed by atoms with van der Waals surface area (Å²) in [7, 11) is 1.60. The molecule has 3 atom stereocenters. The predicted octanol–water partition coefficient (Wildman–Crippen LogP) is 2.58. The van der Waals surface area contributed by atoms with Crippen molar-refractivity contribution in [3.8, 4) is 0 Å². The highest BCUT2D eigenvalue weighted by Gasteiger charge is 2.28. The van der Waals surface area contributed by atoms with Crippen LogP contribution < -0.4 is 10.6 Å². The highest BCUT2D eigenvalue weighted by molar-refractivity contribution is 5.94. The Balaban J connectivity index is 2.18. The molecule has 0 aliphatic rings. The maximum Gasteiger partial charge on any atom is 0.253 e. The smallest absolute Gasteiger partial charge is 0.253 e. The number of carbonyl (C=O) groups excluding carboxylic acids is 2. The third kappa shape index (κ3) is 7.31. The molecule has 1 aromatic heterocycles. The summed E-state index contributed by atoms with van der Waals surface area (Å²) >= 11 is 0. The number of aromatic nitrogens is 1. The van der Waals surface area contributed by atoms with Gasteiger partial charge in [0.2, 0.25) is 5.91 Å². The first-order valence-electron chi connectivity index (χ1n) is 10.0. The van der Waals surface area contributed by atoms with Crippen LogP contribution in [0.15, 0.2) is 54.9 Å². The van der Waals surface area contributed by atoms with Gasteiger partial charge in [-0.05, 0) is 42.9 Å². The number of benzene rings is 1. The van der Waals surface area contributed by atoms with E-state index in [9.17, 15) is 14.7 Å². The number of aliphatic hydroxyl groups is 1. The number of nitrogens with zero attached hydrogens (tertiary/aromatic N) is 1. The molecule has 2 rings (SSSR count). The lowest BCUT2D eigenvalue weighted by Gasteiger charge is -2.28. The summed E-state index contributed by atoms with van der Waals surface area (Å²) in [4.78, 5) is 28.9. The number of hydrogen-bond donors (Lipinski definition) is 3. The van der Waals surface area contributed by atoms with Gasteiger partial charge >= 0.3 is 0 Å². The molecule has 0 saturated carbocycles. The molecule has 0 bridgehead atoms. The molecule has 0 radical (unpaired) electrons. The van der Waals surface area contributed by atoms with Crippen LogP contribution in [-0.2, 0) is 11.2 Å². The van der Waals surface area contributed by atoms with Crippen molar-refractivity contribution in [2.45, 2.75) is 45.3 Å². The van der Waals surface area contributed by atoms with Gasteiger partial charge in [-0.1, -0.05) is 44.2 Å². The highest BCUT2D eigenvalue weighted by atomic mass is 16.3. The molecule has 6 nitrogen and oxygen atoms in total. The molecular formula is C23H31N3O3. The fourth-order valence-electron chi connectivity index (χ4n) is 3.44. The van der Waals surface area contributed by atoms with Crippen molar-refractivity contribution in [3.05, 3.63) is 66.0 Å². The summed E-state index contributed by atoms with van der Waals surface area (Å²) in [5, 5.41) is 16.6. The molecule has 0 spiro atoms. The van der Waals surface area contributed by atoms with E-state index in [4.69, 9.17) is 0 Å². The summed E-state index contributed by atoms with van der Waals surface area (Å²) in [5.41, 5.74) is 1.44.